The SMILES string of the molecule is CCc1nc(Cl)c2cc(CNC)ccn12. The van der Waals surface area contributed by atoms with Crippen LogP contribution in [-0.2, 0) is 13.0 Å². The number of nitrogens with one attached hydrogen (secondary N) is 1. The first kappa shape index (κ1) is 10.5. The predicted octanol–water partition coefficient (Wildman–Crippen LogP) is 2.27. The highest BCUT2D eigenvalue weighted by Crippen LogP contribution is 2.19. The fraction of sp³-hybridized carbons (Fsp3) is 0.364. The van der Waals surface area contributed by atoms with E-state index in [0.717, 1.165) is 24.3 Å². The van der Waals surface area contributed by atoms with Crippen molar-refractivity contribution in [3.8, 4) is 0 Å². The first-order valence-electron chi connectivity index (χ1n) is 5.06. The zero-order chi connectivity index (χ0) is 10.8. The minimum Gasteiger partial charge on any atom is -0.316 e. The third kappa shape index (κ3) is 1.85. The van der Waals surface area contributed by atoms with Gasteiger partial charge in [-0.05, 0) is 24.7 Å². The van der Waals surface area contributed by atoms with Crippen LogP contribution in [0.15, 0.2) is 18.3 Å². The minimum absolute atomic E-state index is 0.588. The molecule has 2 heterocycles. The monoisotopic (exact) mass is 223 g/mol. The van der Waals surface area contributed by atoms with E-state index in [-0.39, 0.29) is 0 Å². The average molecular weight is 224 g/mol. The molecule has 0 aliphatic heterocycles. The fourth-order valence-electron chi connectivity index (χ4n) is 1.72. The van der Waals surface area contributed by atoms with Crippen LogP contribution in [0.5, 0.6) is 0 Å². The number of fused-ring (bicyclic) bond motifs is 1. The van der Waals surface area contributed by atoms with Crippen LogP contribution in [-0.4, -0.2) is 16.4 Å². The number of hydrogen-bond acceptors (Lipinski definition) is 2. The standard InChI is InChI=1S/C11H14ClN3/c1-3-10-14-11(12)9-6-8(7-13-2)4-5-15(9)10/h4-6,13H,3,7H2,1-2H3. The van der Waals surface area contributed by atoms with E-state index in [9.17, 15) is 0 Å². The lowest BCUT2D eigenvalue weighted by Crippen LogP contribution is -2.05. The summed E-state index contributed by atoms with van der Waals surface area (Å²) in [7, 11) is 1.93. The summed E-state index contributed by atoms with van der Waals surface area (Å²) in [5, 5.41) is 3.70. The number of imidazole rings is 1. The van der Waals surface area contributed by atoms with E-state index >= 15 is 0 Å². The van der Waals surface area contributed by atoms with Crippen LogP contribution in [0.25, 0.3) is 5.52 Å². The lowest BCUT2D eigenvalue weighted by molar-refractivity contribution is 0.815. The van der Waals surface area contributed by atoms with Crippen LogP contribution < -0.4 is 5.32 Å². The maximum Gasteiger partial charge on any atom is 0.155 e. The third-order valence-electron chi connectivity index (χ3n) is 2.43. The average Bonchev–Trinajstić information content (AvgIpc) is 2.56. The summed E-state index contributed by atoms with van der Waals surface area (Å²) in [6, 6.07) is 4.16. The lowest BCUT2D eigenvalue weighted by Gasteiger charge is -2.02. The normalized spacial score (nSPS) is 11.1. The molecule has 0 atom stereocenters. The van der Waals surface area contributed by atoms with Crippen molar-refractivity contribution in [2.24, 2.45) is 0 Å². The van der Waals surface area contributed by atoms with Crippen molar-refractivity contribution in [1.29, 1.82) is 0 Å². The molecule has 0 bridgehead atoms. The van der Waals surface area contributed by atoms with Crippen LogP contribution in [0.4, 0.5) is 0 Å². The molecule has 2 rings (SSSR count). The van der Waals surface area contributed by atoms with Gasteiger partial charge in [-0.15, -0.1) is 0 Å². The van der Waals surface area contributed by atoms with E-state index in [1.807, 2.05) is 17.6 Å². The van der Waals surface area contributed by atoms with E-state index in [1.54, 1.807) is 0 Å². The fourth-order valence-corrected chi connectivity index (χ4v) is 1.96. The molecule has 1 N–H and O–H groups in total. The molecule has 0 radical (unpaired) electrons. The summed E-state index contributed by atoms with van der Waals surface area (Å²) < 4.78 is 2.04. The minimum atomic E-state index is 0.588. The van der Waals surface area contributed by atoms with Crippen molar-refractivity contribution in [2.45, 2.75) is 19.9 Å². The summed E-state index contributed by atoms with van der Waals surface area (Å²) in [5.41, 5.74) is 2.20. The van der Waals surface area contributed by atoms with Gasteiger partial charge in [-0.25, -0.2) is 4.98 Å². The molecule has 0 unspecified atom stereocenters. The molecule has 0 aromatic carbocycles. The van der Waals surface area contributed by atoms with E-state index < -0.39 is 0 Å². The largest absolute Gasteiger partial charge is 0.316 e. The zero-order valence-electron chi connectivity index (χ0n) is 8.92. The van der Waals surface area contributed by atoms with Gasteiger partial charge >= 0.3 is 0 Å². The number of aromatic nitrogens is 2. The number of pyridine rings is 1. The van der Waals surface area contributed by atoms with Crippen molar-refractivity contribution in [3.05, 3.63) is 34.9 Å². The van der Waals surface area contributed by atoms with Crippen LogP contribution in [0.1, 0.15) is 18.3 Å². The molecular formula is C11H14ClN3. The first-order chi connectivity index (χ1) is 7.26. The van der Waals surface area contributed by atoms with Gasteiger partial charge in [0, 0.05) is 19.2 Å². The molecular weight excluding hydrogens is 210 g/mol. The molecule has 0 fully saturated rings. The Labute approximate surface area is 94.1 Å². The van der Waals surface area contributed by atoms with Gasteiger partial charge in [0.25, 0.3) is 0 Å². The Kier molecular flexibility index (Phi) is 2.93. The van der Waals surface area contributed by atoms with Gasteiger partial charge in [-0.3, -0.25) is 0 Å². The Hall–Kier alpha value is -1.06. The molecule has 0 saturated heterocycles. The summed E-state index contributed by atoms with van der Waals surface area (Å²) in [4.78, 5) is 4.32. The predicted molar refractivity (Wildman–Crippen MR) is 62.3 cm³/mol. The molecule has 80 valence electrons. The van der Waals surface area contributed by atoms with Gasteiger partial charge in [0.1, 0.15) is 5.82 Å². The molecule has 0 saturated carbocycles. The Morgan fingerprint density at radius 3 is 3.00 bits per heavy atom. The molecule has 0 amide bonds. The second-order valence-corrected chi connectivity index (χ2v) is 3.85. The third-order valence-corrected chi connectivity index (χ3v) is 2.71. The van der Waals surface area contributed by atoms with E-state index in [1.165, 1.54) is 5.56 Å². The number of hydrogen-bond donors (Lipinski definition) is 1. The maximum atomic E-state index is 6.08. The van der Waals surface area contributed by atoms with Gasteiger partial charge in [0.15, 0.2) is 5.15 Å². The Morgan fingerprint density at radius 1 is 1.53 bits per heavy atom. The first-order valence-corrected chi connectivity index (χ1v) is 5.44. The summed E-state index contributed by atoms with van der Waals surface area (Å²) in [5.74, 6) is 1.01. The molecule has 2 aromatic heterocycles. The molecule has 4 heteroatoms. The number of halogens is 1. The van der Waals surface area contributed by atoms with Crippen molar-refractivity contribution in [1.82, 2.24) is 14.7 Å². The highest BCUT2D eigenvalue weighted by Gasteiger charge is 2.07. The second kappa shape index (κ2) is 4.21. The van der Waals surface area contributed by atoms with Gasteiger partial charge in [0.05, 0.1) is 5.52 Å². The topological polar surface area (TPSA) is 29.3 Å². The number of nitrogens with zero attached hydrogens (tertiary/aromatic N) is 2. The molecule has 2 aromatic rings. The van der Waals surface area contributed by atoms with Gasteiger partial charge in [0.2, 0.25) is 0 Å². The Balaban J connectivity index is 2.56. The van der Waals surface area contributed by atoms with E-state index in [0.29, 0.717) is 5.15 Å². The summed E-state index contributed by atoms with van der Waals surface area (Å²) in [6.45, 7) is 2.92. The highest BCUT2D eigenvalue weighted by molar-refractivity contribution is 6.32. The van der Waals surface area contributed by atoms with Crippen LogP contribution in [0.2, 0.25) is 5.15 Å². The van der Waals surface area contributed by atoms with Gasteiger partial charge in [-0.2, -0.15) is 0 Å². The second-order valence-electron chi connectivity index (χ2n) is 3.49. The zero-order valence-corrected chi connectivity index (χ0v) is 9.67. The Bertz CT molecular complexity index is 476. The summed E-state index contributed by atoms with van der Waals surface area (Å²) >= 11 is 6.08. The molecule has 3 nitrogen and oxygen atoms in total. The van der Waals surface area contributed by atoms with Gasteiger partial charge in [-0.1, -0.05) is 18.5 Å². The number of aryl methyl sites for hydroxylation is 1. The molecule has 0 aliphatic carbocycles. The van der Waals surface area contributed by atoms with Crippen LogP contribution in [0, 0.1) is 0 Å². The smallest absolute Gasteiger partial charge is 0.155 e. The van der Waals surface area contributed by atoms with Crippen LogP contribution >= 0.6 is 11.6 Å². The number of rotatable bonds is 3. The summed E-state index contributed by atoms with van der Waals surface area (Å²) in [6.07, 6.45) is 2.92. The molecule has 0 aliphatic rings. The van der Waals surface area contributed by atoms with E-state index in [2.05, 4.69) is 29.4 Å². The van der Waals surface area contributed by atoms with Crippen molar-refractivity contribution in [2.75, 3.05) is 7.05 Å². The maximum absolute atomic E-state index is 6.08. The van der Waals surface area contributed by atoms with E-state index in [4.69, 9.17) is 11.6 Å². The van der Waals surface area contributed by atoms with Crippen molar-refractivity contribution in [3.63, 3.8) is 0 Å². The van der Waals surface area contributed by atoms with Crippen molar-refractivity contribution >= 4 is 17.1 Å². The van der Waals surface area contributed by atoms with Crippen LogP contribution in [0.3, 0.4) is 0 Å². The lowest BCUT2D eigenvalue weighted by atomic mass is 10.2. The quantitative estimate of drug-likeness (QED) is 0.865. The molecule has 0 spiro atoms. The highest BCUT2D eigenvalue weighted by atomic mass is 35.5. The Morgan fingerprint density at radius 2 is 2.33 bits per heavy atom. The van der Waals surface area contributed by atoms with Crippen molar-refractivity contribution < 1.29 is 0 Å². The molecule has 15 heavy (non-hydrogen) atoms. The van der Waals surface area contributed by atoms with Gasteiger partial charge < -0.3 is 9.72 Å².